The Balaban J connectivity index is 2.06. The van der Waals surface area contributed by atoms with E-state index in [-0.39, 0.29) is 21.7 Å². The molecule has 0 amide bonds. The smallest absolute Gasteiger partial charge is 0.290 e. The predicted molar refractivity (Wildman–Crippen MR) is 152 cm³/mol. The van der Waals surface area contributed by atoms with Crippen LogP contribution < -0.4 is 10.6 Å². The number of benzene rings is 2. The second-order valence-electron chi connectivity index (χ2n) is 9.17. The highest BCUT2D eigenvalue weighted by Crippen LogP contribution is 2.39. The molecule has 0 bridgehead atoms. The highest BCUT2D eigenvalue weighted by atomic mass is 32.2. The number of hydrogen-bond acceptors (Lipinski definition) is 8. The lowest BCUT2D eigenvalue weighted by molar-refractivity contribution is 0.395. The van der Waals surface area contributed by atoms with Gasteiger partial charge in [0, 0.05) is 32.7 Å². The van der Waals surface area contributed by atoms with E-state index in [2.05, 4.69) is 10.2 Å². The molecule has 3 rings (SSSR count). The first kappa shape index (κ1) is 29.5. The van der Waals surface area contributed by atoms with E-state index < -0.39 is 21.5 Å². The number of nitrogens with zero attached hydrogens (tertiary/aromatic N) is 6. The lowest BCUT2D eigenvalue weighted by Crippen LogP contribution is -2.37. The van der Waals surface area contributed by atoms with Crippen LogP contribution in [0.3, 0.4) is 0 Å². The molecule has 1 N–H and O–H groups in total. The van der Waals surface area contributed by atoms with Gasteiger partial charge in [0.2, 0.25) is 15.9 Å². The summed E-state index contributed by atoms with van der Waals surface area (Å²) in [6.45, 7) is 4.97. The molecule has 3 aromatic rings. The zero-order chi connectivity index (χ0) is 28.6. The van der Waals surface area contributed by atoms with Crippen molar-refractivity contribution in [3.63, 3.8) is 0 Å². The Labute approximate surface area is 229 Å². The molecule has 39 heavy (non-hydrogen) atoms. The third-order valence-electron chi connectivity index (χ3n) is 6.14. The zero-order valence-electron chi connectivity index (χ0n) is 22.7. The summed E-state index contributed by atoms with van der Waals surface area (Å²) in [6, 6.07) is 16.7. The molecule has 1 aromatic heterocycles. The molecule has 0 spiro atoms. The number of rotatable bonds is 12. The van der Waals surface area contributed by atoms with E-state index in [0.717, 1.165) is 30.4 Å². The fourth-order valence-corrected chi connectivity index (χ4v) is 5.57. The van der Waals surface area contributed by atoms with Crippen LogP contribution in [0.1, 0.15) is 45.1 Å². The molecule has 0 unspecified atom stereocenters. The van der Waals surface area contributed by atoms with Gasteiger partial charge in [0.25, 0.3) is 5.56 Å². The van der Waals surface area contributed by atoms with Gasteiger partial charge in [0.15, 0.2) is 5.69 Å². The number of aromatic nitrogens is 1. The molecule has 0 aliphatic carbocycles. The van der Waals surface area contributed by atoms with Crippen LogP contribution >= 0.6 is 0 Å². The number of unbranched alkanes of at least 4 members (excludes halogenated alkanes) is 2. The monoisotopic (exact) mass is 550 g/mol. The van der Waals surface area contributed by atoms with Crippen LogP contribution in [0, 0.1) is 11.3 Å². The lowest BCUT2D eigenvalue weighted by Gasteiger charge is -2.22. The molecule has 0 radical (unpaired) electrons. The van der Waals surface area contributed by atoms with E-state index >= 15 is 0 Å². The van der Waals surface area contributed by atoms with Crippen molar-refractivity contribution in [1.82, 2.24) is 8.98 Å². The highest BCUT2D eigenvalue weighted by molar-refractivity contribution is 7.89. The first-order chi connectivity index (χ1) is 18.7. The molecule has 206 valence electrons. The maximum atomic E-state index is 13.3. The van der Waals surface area contributed by atoms with Gasteiger partial charge in [-0.1, -0.05) is 57.0 Å². The summed E-state index contributed by atoms with van der Waals surface area (Å²) in [6.07, 6.45) is 3.35. The van der Waals surface area contributed by atoms with Crippen molar-refractivity contribution in [2.24, 2.45) is 10.2 Å². The molecule has 0 saturated heterocycles. The maximum Gasteiger partial charge on any atom is 0.290 e. The first-order valence-electron chi connectivity index (χ1n) is 12.8. The minimum absolute atomic E-state index is 0.0620. The summed E-state index contributed by atoms with van der Waals surface area (Å²) in [7, 11) is -0.565. The summed E-state index contributed by atoms with van der Waals surface area (Å²) in [4.78, 5) is 13.2. The number of sulfonamides is 1. The van der Waals surface area contributed by atoms with Crippen LogP contribution in [0.4, 0.5) is 11.4 Å². The molecule has 0 fully saturated rings. The Morgan fingerprint density at radius 2 is 1.54 bits per heavy atom. The third-order valence-corrected chi connectivity index (χ3v) is 8.05. The summed E-state index contributed by atoms with van der Waals surface area (Å²) in [5.74, 6) is -0.478. The van der Waals surface area contributed by atoms with Gasteiger partial charge in [-0.05, 0) is 42.7 Å². The Morgan fingerprint density at radius 1 is 0.949 bits per heavy atom. The van der Waals surface area contributed by atoms with Crippen molar-refractivity contribution < 1.29 is 13.5 Å². The molecule has 0 aliphatic heterocycles. The van der Waals surface area contributed by atoms with Crippen molar-refractivity contribution >= 4 is 21.4 Å². The van der Waals surface area contributed by atoms with E-state index in [1.165, 1.54) is 33.6 Å². The average Bonchev–Trinajstić information content (AvgIpc) is 2.92. The number of pyridine rings is 1. The molecule has 11 heteroatoms. The van der Waals surface area contributed by atoms with Gasteiger partial charge in [0.1, 0.15) is 11.6 Å². The van der Waals surface area contributed by atoms with E-state index in [1.807, 2.05) is 19.9 Å². The van der Waals surface area contributed by atoms with Crippen molar-refractivity contribution in [3.8, 4) is 23.1 Å². The largest absolute Gasteiger partial charge is 0.492 e. The molecule has 1 heterocycles. The normalized spacial score (nSPS) is 11.7. The number of hydrogen-bond donors (Lipinski definition) is 1. The van der Waals surface area contributed by atoms with Crippen molar-refractivity contribution in [2.75, 3.05) is 32.2 Å². The maximum absolute atomic E-state index is 13.3. The summed E-state index contributed by atoms with van der Waals surface area (Å²) >= 11 is 0. The Kier molecular flexibility index (Phi) is 9.98. The summed E-state index contributed by atoms with van der Waals surface area (Å²) in [5.41, 5.74) is 0.0618. The molecule has 0 atom stereocenters. The van der Waals surface area contributed by atoms with Gasteiger partial charge in [-0.25, -0.2) is 8.42 Å². The molecule has 0 saturated carbocycles. The Bertz CT molecular complexity index is 1500. The molecule has 10 nitrogen and oxygen atoms in total. The topological polar surface area (TPSA) is 131 Å². The second kappa shape index (κ2) is 13.2. The van der Waals surface area contributed by atoms with E-state index in [0.29, 0.717) is 24.3 Å². The fourth-order valence-electron chi connectivity index (χ4n) is 4.06. The Morgan fingerprint density at radius 3 is 2.05 bits per heavy atom. The summed E-state index contributed by atoms with van der Waals surface area (Å²) < 4.78 is 29.0. The number of aromatic hydroxyl groups is 1. The van der Waals surface area contributed by atoms with Gasteiger partial charge in [0.05, 0.1) is 10.6 Å². The SMILES string of the molecule is CCCCN(CCCC)S(=O)(=O)c1ccc(/N=N/c2c(-c3ccccc3)c(C#N)c(=O)n(N(C)C)c2O)cc1. The van der Waals surface area contributed by atoms with Gasteiger partial charge >= 0.3 is 0 Å². The van der Waals surface area contributed by atoms with Crippen molar-refractivity contribution in [1.29, 1.82) is 5.26 Å². The standard InChI is InChI=1S/C28H34N6O4S/c1-5-7-18-33(19-8-6-2)39(37,38)23-16-14-22(15-17-23)30-31-26-25(21-12-10-9-11-13-21)24(20-29)27(35)34(28(26)36)32(3)4/h9-17,36H,5-8,18-19H2,1-4H3/b31-30+. The van der Waals surface area contributed by atoms with Gasteiger partial charge in [-0.15, -0.1) is 5.11 Å². The first-order valence-corrected chi connectivity index (χ1v) is 14.3. The van der Waals surface area contributed by atoms with Crippen LogP contribution in [0.5, 0.6) is 5.88 Å². The van der Waals surface area contributed by atoms with Crippen LogP contribution in [0.25, 0.3) is 11.1 Å². The third kappa shape index (κ3) is 6.53. The quantitative estimate of drug-likeness (QED) is 0.305. The lowest BCUT2D eigenvalue weighted by atomic mass is 10.00. The molecule has 0 aliphatic rings. The van der Waals surface area contributed by atoms with Gasteiger partial charge in [-0.3, -0.25) is 4.79 Å². The minimum atomic E-state index is -3.67. The Hall–Kier alpha value is -4.01. The highest BCUT2D eigenvalue weighted by Gasteiger charge is 2.25. The van der Waals surface area contributed by atoms with E-state index in [4.69, 9.17) is 0 Å². The van der Waals surface area contributed by atoms with Crippen LogP contribution in [-0.4, -0.2) is 49.7 Å². The van der Waals surface area contributed by atoms with Crippen LogP contribution in [0.15, 0.2) is 74.5 Å². The number of nitriles is 1. The number of azo groups is 1. The van der Waals surface area contributed by atoms with Crippen molar-refractivity contribution in [3.05, 3.63) is 70.5 Å². The van der Waals surface area contributed by atoms with Crippen molar-refractivity contribution in [2.45, 2.75) is 44.4 Å². The second-order valence-corrected chi connectivity index (χ2v) is 11.1. The molecular formula is C28H34N6O4S. The predicted octanol–water partition coefficient (Wildman–Crippen LogP) is 5.30. The summed E-state index contributed by atoms with van der Waals surface area (Å²) in [5, 5.41) is 30.6. The molecular weight excluding hydrogens is 516 g/mol. The van der Waals surface area contributed by atoms with Gasteiger partial charge in [-0.2, -0.15) is 19.4 Å². The molecule has 2 aromatic carbocycles. The van der Waals surface area contributed by atoms with Crippen LogP contribution in [-0.2, 0) is 10.0 Å². The van der Waals surface area contributed by atoms with Crippen LogP contribution in [0.2, 0.25) is 0 Å². The van der Waals surface area contributed by atoms with Gasteiger partial charge < -0.3 is 10.1 Å². The zero-order valence-corrected chi connectivity index (χ0v) is 23.5. The van der Waals surface area contributed by atoms with E-state index in [1.54, 1.807) is 44.4 Å². The van der Waals surface area contributed by atoms with E-state index in [9.17, 15) is 23.6 Å². The minimum Gasteiger partial charge on any atom is -0.492 e. The fraction of sp³-hybridized carbons (Fsp3) is 0.357. The average molecular weight is 551 g/mol.